The minimum atomic E-state index is -0.785. The molecule has 0 saturated carbocycles. The highest BCUT2D eigenvalue weighted by atomic mass is 16.6. The molecule has 3 aromatic carbocycles. The van der Waals surface area contributed by atoms with Gasteiger partial charge >= 0.3 is 0 Å². The second kappa shape index (κ2) is 10.0. The lowest BCUT2D eigenvalue weighted by atomic mass is 10.0. The molecule has 1 atom stereocenters. The maximum atomic E-state index is 13.0. The molecule has 3 N–H and O–H groups in total. The van der Waals surface area contributed by atoms with E-state index >= 15 is 0 Å². The van der Waals surface area contributed by atoms with Crippen molar-refractivity contribution in [1.82, 2.24) is 5.32 Å². The summed E-state index contributed by atoms with van der Waals surface area (Å²) in [5.74, 6) is -0.767. The van der Waals surface area contributed by atoms with E-state index in [1.165, 1.54) is 25.2 Å². The van der Waals surface area contributed by atoms with Crippen LogP contribution in [0.4, 0.5) is 17.1 Å². The number of nitrogens with one attached hydrogen (secondary N) is 3. The van der Waals surface area contributed by atoms with Crippen LogP contribution in [0.5, 0.6) is 0 Å². The van der Waals surface area contributed by atoms with Crippen molar-refractivity contribution < 1.29 is 14.5 Å². The van der Waals surface area contributed by atoms with Crippen LogP contribution in [0.25, 0.3) is 0 Å². The molecular formula is C23H22N4O4. The first kappa shape index (κ1) is 21.5. The van der Waals surface area contributed by atoms with Gasteiger partial charge in [-0.25, -0.2) is 0 Å². The predicted molar refractivity (Wildman–Crippen MR) is 119 cm³/mol. The molecule has 0 saturated heterocycles. The van der Waals surface area contributed by atoms with E-state index in [-0.39, 0.29) is 22.8 Å². The topological polar surface area (TPSA) is 113 Å². The number of amides is 2. The van der Waals surface area contributed by atoms with Crippen molar-refractivity contribution in [2.45, 2.75) is 12.5 Å². The summed E-state index contributed by atoms with van der Waals surface area (Å²) in [4.78, 5) is 35.9. The smallest absolute Gasteiger partial charge is 0.293 e. The van der Waals surface area contributed by atoms with Crippen molar-refractivity contribution in [2.75, 3.05) is 17.7 Å². The summed E-state index contributed by atoms with van der Waals surface area (Å²) in [5.41, 5.74) is 1.55. The van der Waals surface area contributed by atoms with Gasteiger partial charge in [0.05, 0.1) is 4.92 Å². The molecule has 8 nitrogen and oxygen atoms in total. The minimum Gasteiger partial charge on any atom is -0.368 e. The molecule has 0 aliphatic carbocycles. The second-order valence-electron chi connectivity index (χ2n) is 6.81. The van der Waals surface area contributed by atoms with E-state index in [4.69, 9.17) is 0 Å². The summed E-state index contributed by atoms with van der Waals surface area (Å²) in [6.07, 6.45) is 0.313. The van der Waals surface area contributed by atoms with Crippen molar-refractivity contribution in [3.8, 4) is 0 Å². The fourth-order valence-corrected chi connectivity index (χ4v) is 3.09. The number of benzene rings is 3. The maximum absolute atomic E-state index is 13.0. The van der Waals surface area contributed by atoms with Gasteiger partial charge in [0, 0.05) is 30.8 Å². The number of rotatable bonds is 8. The van der Waals surface area contributed by atoms with Gasteiger partial charge in [-0.3, -0.25) is 19.7 Å². The van der Waals surface area contributed by atoms with Gasteiger partial charge in [-0.15, -0.1) is 0 Å². The van der Waals surface area contributed by atoms with Crippen LogP contribution >= 0.6 is 0 Å². The van der Waals surface area contributed by atoms with E-state index in [9.17, 15) is 19.7 Å². The zero-order valence-corrected chi connectivity index (χ0v) is 16.9. The monoisotopic (exact) mass is 418 g/mol. The number of nitro benzene ring substituents is 1. The Kier molecular flexibility index (Phi) is 6.95. The van der Waals surface area contributed by atoms with Crippen LogP contribution in [0.2, 0.25) is 0 Å². The van der Waals surface area contributed by atoms with E-state index in [1.807, 2.05) is 36.4 Å². The molecule has 2 amide bonds. The number of anilines is 2. The Bertz CT molecular complexity index is 1070. The van der Waals surface area contributed by atoms with Gasteiger partial charge in [0.15, 0.2) is 0 Å². The van der Waals surface area contributed by atoms with Crippen LogP contribution < -0.4 is 16.0 Å². The Morgan fingerprint density at radius 2 is 1.61 bits per heavy atom. The highest BCUT2D eigenvalue weighted by molar-refractivity contribution is 5.98. The van der Waals surface area contributed by atoms with Crippen LogP contribution in [0.15, 0.2) is 78.9 Å². The molecule has 31 heavy (non-hydrogen) atoms. The molecule has 0 heterocycles. The molecule has 0 radical (unpaired) electrons. The van der Waals surface area contributed by atoms with Crippen LogP contribution in [-0.4, -0.2) is 29.8 Å². The maximum Gasteiger partial charge on any atom is 0.293 e. The van der Waals surface area contributed by atoms with Crippen molar-refractivity contribution in [3.63, 3.8) is 0 Å². The average molecular weight is 418 g/mol. The highest BCUT2D eigenvalue weighted by Crippen LogP contribution is 2.27. The van der Waals surface area contributed by atoms with Gasteiger partial charge in [-0.2, -0.15) is 0 Å². The Balaban J connectivity index is 1.91. The Hall–Kier alpha value is -4.20. The number of para-hydroxylation sites is 1. The van der Waals surface area contributed by atoms with E-state index in [2.05, 4.69) is 16.0 Å². The number of hydrogen-bond acceptors (Lipinski definition) is 5. The predicted octanol–water partition coefficient (Wildman–Crippen LogP) is 3.62. The van der Waals surface area contributed by atoms with Gasteiger partial charge in [0.2, 0.25) is 5.91 Å². The molecular weight excluding hydrogens is 396 g/mol. The van der Waals surface area contributed by atoms with Crippen LogP contribution in [0, 0.1) is 10.1 Å². The lowest BCUT2D eigenvalue weighted by Crippen LogP contribution is -2.36. The summed E-state index contributed by atoms with van der Waals surface area (Å²) in [7, 11) is 1.45. The fourth-order valence-electron chi connectivity index (χ4n) is 3.09. The first-order valence-electron chi connectivity index (χ1n) is 9.65. The minimum absolute atomic E-state index is 0.154. The van der Waals surface area contributed by atoms with Crippen molar-refractivity contribution in [1.29, 1.82) is 0 Å². The van der Waals surface area contributed by atoms with Gasteiger partial charge in [0.1, 0.15) is 11.7 Å². The van der Waals surface area contributed by atoms with E-state index < -0.39 is 16.9 Å². The molecule has 0 aliphatic heterocycles. The highest BCUT2D eigenvalue weighted by Gasteiger charge is 2.24. The third-order valence-electron chi connectivity index (χ3n) is 4.65. The van der Waals surface area contributed by atoms with Gasteiger partial charge in [-0.05, 0) is 29.8 Å². The molecule has 3 rings (SSSR count). The SMILES string of the molecule is CNC(=O)c1ccc(N[C@H](Cc2ccccc2)C(=O)Nc2ccccc2)c([N+](=O)[O-])c1. The Morgan fingerprint density at radius 3 is 2.23 bits per heavy atom. The number of carbonyl (C=O) groups excluding carboxylic acids is 2. The molecule has 3 aromatic rings. The molecule has 8 heteroatoms. The largest absolute Gasteiger partial charge is 0.368 e. The summed E-state index contributed by atoms with van der Waals surface area (Å²) in [6, 6.07) is 21.7. The number of nitro groups is 1. The van der Waals surface area contributed by atoms with E-state index in [0.29, 0.717) is 12.1 Å². The fraction of sp³-hybridized carbons (Fsp3) is 0.130. The summed E-state index contributed by atoms with van der Waals surface area (Å²) < 4.78 is 0. The first-order chi connectivity index (χ1) is 15.0. The molecule has 0 unspecified atom stereocenters. The summed E-state index contributed by atoms with van der Waals surface area (Å²) >= 11 is 0. The molecule has 0 aromatic heterocycles. The molecule has 0 spiro atoms. The van der Waals surface area contributed by atoms with Gasteiger partial charge in [0.25, 0.3) is 11.6 Å². The van der Waals surface area contributed by atoms with Crippen LogP contribution in [0.1, 0.15) is 15.9 Å². The molecule has 0 fully saturated rings. The molecule has 0 aliphatic rings. The Morgan fingerprint density at radius 1 is 0.968 bits per heavy atom. The average Bonchev–Trinajstić information content (AvgIpc) is 2.79. The lowest BCUT2D eigenvalue weighted by molar-refractivity contribution is -0.384. The standard InChI is InChI=1S/C23H22N4O4/c1-24-22(28)17-12-13-19(21(15-17)27(30)31)26-20(14-16-8-4-2-5-9-16)23(29)25-18-10-6-3-7-11-18/h2-13,15,20,26H,14H2,1H3,(H,24,28)(H,25,29)/t20-/m1/s1. The zero-order chi connectivity index (χ0) is 22.2. The van der Waals surface area contributed by atoms with Crippen molar-refractivity contribution in [2.24, 2.45) is 0 Å². The van der Waals surface area contributed by atoms with Gasteiger partial charge < -0.3 is 16.0 Å². The van der Waals surface area contributed by atoms with Crippen LogP contribution in [0.3, 0.4) is 0 Å². The normalized spacial score (nSPS) is 11.3. The quantitative estimate of drug-likeness (QED) is 0.382. The summed E-state index contributed by atoms with van der Waals surface area (Å²) in [5, 5.41) is 19.9. The summed E-state index contributed by atoms with van der Waals surface area (Å²) in [6.45, 7) is 0. The van der Waals surface area contributed by atoms with Crippen molar-refractivity contribution >= 4 is 28.9 Å². The zero-order valence-electron chi connectivity index (χ0n) is 16.9. The van der Waals surface area contributed by atoms with Gasteiger partial charge in [-0.1, -0.05) is 48.5 Å². The van der Waals surface area contributed by atoms with E-state index in [0.717, 1.165) is 5.56 Å². The first-order valence-corrected chi connectivity index (χ1v) is 9.65. The van der Waals surface area contributed by atoms with Crippen molar-refractivity contribution in [3.05, 3.63) is 100 Å². The molecule has 158 valence electrons. The molecule has 0 bridgehead atoms. The Labute approximate surface area is 179 Å². The third kappa shape index (κ3) is 5.66. The third-order valence-corrected chi connectivity index (χ3v) is 4.65. The van der Waals surface area contributed by atoms with Crippen LogP contribution in [-0.2, 0) is 11.2 Å². The van der Waals surface area contributed by atoms with E-state index in [1.54, 1.807) is 24.3 Å². The number of carbonyl (C=O) groups is 2. The second-order valence-corrected chi connectivity index (χ2v) is 6.81. The number of nitrogens with zero attached hydrogens (tertiary/aromatic N) is 1. The lowest BCUT2D eigenvalue weighted by Gasteiger charge is -2.20. The number of hydrogen-bond donors (Lipinski definition) is 3.